The summed E-state index contributed by atoms with van der Waals surface area (Å²) in [6, 6.07) is 35.0. The van der Waals surface area contributed by atoms with Crippen molar-refractivity contribution in [1.82, 2.24) is 9.13 Å². The Morgan fingerprint density at radius 3 is 1.48 bits per heavy atom. The minimum absolute atomic E-state index is 0.0883. The van der Waals surface area contributed by atoms with Gasteiger partial charge in [-0.3, -0.25) is 0 Å². The highest BCUT2D eigenvalue weighted by Crippen LogP contribution is 2.45. The number of nitriles is 3. The average molecular weight is 678 g/mol. The summed E-state index contributed by atoms with van der Waals surface area (Å²) >= 11 is 0. The molecule has 0 fully saturated rings. The van der Waals surface area contributed by atoms with Crippen molar-refractivity contribution in [3.05, 3.63) is 154 Å². The van der Waals surface area contributed by atoms with Crippen LogP contribution < -0.4 is 0 Å². The number of benzene rings is 6. The van der Waals surface area contributed by atoms with Crippen LogP contribution in [0.5, 0.6) is 0 Å². The van der Waals surface area contributed by atoms with Crippen LogP contribution in [0.3, 0.4) is 0 Å². The highest BCUT2D eigenvalue weighted by molar-refractivity contribution is 6.12. The number of hydrogen-bond donors (Lipinski definition) is 0. The molecule has 2 aromatic heterocycles. The van der Waals surface area contributed by atoms with Crippen molar-refractivity contribution < 1.29 is 13.2 Å². The molecule has 0 aliphatic rings. The van der Waals surface area contributed by atoms with Gasteiger partial charge in [-0.2, -0.15) is 29.0 Å². The molecule has 8 rings (SSSR count). The molecule has 0 unspecified atom stereocenters. The second-order valence-electron chi connectivity index (χ2n) is 12.0. The number of rotatable bonds is 3. The van der Waals surface area contributed by atoms with Gasteiger partial charge in [0.1, 0.15) is 6.07 Å². The third kappa shape index (κ3) is 4.71. The van der Waals surface area contributed by atoms with Crippen molar-refractivity contribution in [2.75, 3.05) is 0 Å². The molecule has 10 heteroatoms. The predicted molar refractivity (Wildman–Crippen MR) is 192 cm³/mol. The molecule has 2 heterocycles. The smallest absolute Gasteiger partial charge is 0.310 e. The summed E-state index contributed by atoms with van der Waals surface area (Å²) in [5, 5.41) is 33.3. The zero-order valence-corrected chi connectivity index (χ0v) is 26.7. The molecular weight excluding hydrogens is 660 g/mol. The lowest BCUT2D eigenvalue weighted by Crippen LogP contribution is -2.09. The first-order chi connectivity index (χ1) is 25.2. The third-order valence-corrected chi connectivity index (χ3v) is 9.26. The van der Waals surface area contributed by atoms with E-state index in [1.54, 1.807) is 81.9 Å². The van der Waals surface area contributed by atoms with Gasteiger partial charge in [-0.25, -0.2) is 9.69 Å². The number of hydrogen-bond acceptors (Lipinski definition) is 3. The monoisotopic (exact) mass is 677 g/mol. The second kappa shape index (κ2) is 11.6. The third-order valence-electron chi connectivity index (χ3n) is 9.26. The Bertz CT molecular complexity index is 2930. The summed E-state index contributed by atoms with van der Waals surface area (Å²) in [7, 11) is 0. The first kappa shape index (κ1) is 31.4. The SMILES string of the molecule is [C-]#[N+]c1ccc2c3ccc(C#N)cc3n(-c3cc(-c4ccccc4C(F)(F)F)c(-n4c5cc(C#N)ccc5c5ccc([N+]#[C-])cc54)cc3C#N)c2c1. The van der Waals surface area contributed by atoms with Crippen molar-refractivity contribution in [2.45, 2.75) is 6.18 Å². The van der Waals surface area contributed by atoms with Crippen molar-refractivity contribution in [3.63, 3.8) is 0 Å². The van der Waals surface area contributed by atoms with Gasteiger partial charge in [-0.1, -0.05) is 54.6 Å². The first-order valence-corrected chi connectivity index (χ1v) is 15.7. The van der Waals surface area contributed by atoms with Gasteiger partial charge in [0.25, 0.3) is 0 Å². The number of halogens is 3. The summed E-state index contributed by atoms with van der Waals surface area (Å²) in [4.78, 5) is 7.18. The molecule has 0 saturated heterocycles. The van der Waals surface area contributed by atoms with E-state index in [1.807, 2.05) is 0 Å². The van der Waals surface area contributed by atoms with E-state index in [9.17, 15) is 29.0 Å². The van der Waals surface area contributed by atoms with Crippen molar-refractivity contribution >= 4 is 55.0 Å². The van der Waals surface area contributed by atoms with Crippen molar-refractivity contribution in [2.24, 2.45) is 0 Å². The van der Waals surface area contributed by atoms with Gasteiger partial charge in [0, 0.05) is 38.1 Å². The van der Waals surface area contributed by atoms with Crippen LogP contribution in [0.2, 0.25) is 0 Å². The molecule has 0 bridgehead atoms. The Morgan fingerprint density at radius 1 is 0.519 bits per heavy atom. The lowest BCUT2D eigenvalue weighted by molar-refractivity contribution is -0.137. The molecule has 0 radical (unpaired) electrons. The highest BCUT2D eigenvalue weighted by atomic mass is 19.4. The minimum Gasteiger partial charge on any atom is -0.310 e. The molecular formula is C42H18F3N7. The molecule has 0 saturated carbocycles. The van der Waals surface area contributed by atoms with E-state index in [0.717, 1.165) is 11.5 Å². The summed E-state index contributed by atoms with van der Waals surface area (Å²) in [6.45, 7) is 15.4. The van der Waals surface area contributed by atoms with Crippen LogP contribution in [-0.4, -0.2) is 9.13 Å². The van der Waals surface area contributed by atoms with E-state index in [2.05, 4.69) is 27.9 Å². The van der Waals surface area contributed by atoms with Gasteiger partial charge in [-0.15, -0.1) is 0 Å². The molecule has 0 aliphatic carbocycles. The average Bonchev–Trinajstić information content (AvgIpc) is 3.67. The molecule has 6 aromatic carbocycles. The molecule has 52 heavy (non-hydrogen) atoms. The Kier molecular flexibility index (Phi) is 7.04. The lowest BCUT2D eigenvalue weighted by Gasteiger charge is -2.21. The van der Waals surface area contributed by atoms with E-state index in [4.69, 9.17) is 13.1 Å². The maximum Gasteiger partial charge on any atom is 0.417 e. The van der Waals surface area contributed by atoms with Crippen LogP contribution in [-0.2, 0) is 6.18 Å². The number of nitrogens with zero attached hydrogens (tertiary/aromatic N) is 7. The summed E-state index contributed by atoms with van der Waals surface area (Å²) in [5.41, 5.74) is 2.86. The zero-order chi connectivity index (χ0) is 36.3. The number of alkyl halides is 3. The Balaban J connectivity index is 1.60. The van der Waals surface area contributed by atoms with Gasteiger partial charge in [0.2, 0.25) is 0 Å². The van der Waals surface area contributed by atoms with Gasteiger partial charge < -0.3 is 9.13 Å². The topological polar surface area (TPSA) is 89.9 Å². The van der Waals surface area contributed by atoms with E-state index in [0.29, 0.717) is 60.7 Å². The van der Waals surface area contributed by atoms with E-state index in [-0.39, 0.29) is 28.1 Å². The lowest BCUT2D eigenvalue weighted by atomic mass is 9.95. The fourth-order valence-electron chi connectivity index (χ4n) is 7.03. The first-order valence-electron chi connectivity index (χ1n) is 15.7. The van der Waals surface area contributed by atoms with Crippen LogP contribution in [0.15, 0.2) is 109 Å². The molecule has 0 amide bonds. The zero-order valence-electron chi connectivity index (χ0n) is 26.7. The second-order valence-corrected chi connectivity index (χ2v) is 12.0. The molecule has 0 aliphatic heterocycles. The standard InChI is InChI=1S/C42H18F3N7/c1-49-27-9-13-32-30-11-7-24(21-46)15-37(30)51(40(32)18-27)36-20-34(29-5-3-4-6-35(29)42(43,44)45)39(17-26(36)23-48)52-38-16-25(22-47)8-12-31(38)33-14-10-28(50-2)19-41(33)52/h3-20H. The highest BCUT2D eigenvalue weighted by Gasteiger charge is 2.34. The maximum absolute atomic E-state index is 14.8. The van der Waals surface area contributed by atoms with Crippen LogP contribution in [0.4, 0.5) is 24.5 Å². The van der Waals surface area contributed by atoms with E-state index in [1.165, 1.54) is 30.3 Å². The number of aromatic nitrogens is 2. The molecule has 0 N–H and O–H groups in total. The Hall–Kier alpha value is -7.84. The largest absolute Gasteiger partial charge is 0.417 e. The predicted octanol–water partition coefficient (Wildman–Crippen LogP) is 11.3. The molecule has 0 atom stereocenters. The van der Waals surface area contributed by atoms with Gasteiger partial charge in [0.15, 0.2) is 11.4 Å². The molecule has 0 spiro atoms. The molecule has 7 nitrogen and oxygen atoms in total. The molecule has 8 aromatic rings. The minimum atomic E-state index is -4.76. The fraction of sp³-hybridized carbons (Fsp3) is 0.0238. The number of fused-ring (bicyclic) bond motifs is 6. The maximum atomic E-state index is 14.8. The molecule has 242 valence electrons. The van der Waals surface area contributed by atoms with Crippen LogP contribution >= 0.6 is 0 Å². The fourth-order valence-corrected chi connectivity index (χ4v) is 7.03. The van der Waals surface area contributed by atoms with Gasteiger partial charge in [0.05, 0.1) is 69.9 Å². The Labute approximate surface area is 293 Å². The van der Waals surface area contributed by atoms with Crippen LogP contribution in [0, 0.1) is 47.1 Å². The van der Waals surface area contributed by atoms with Crippen LogP contribution in [0.25, 0.3) is 75.8 Å². The van der Waals surface area contributed by atoms with Crippen molar-refractivity contribution in [3.8, 4) is 40.7 Å². The summed E-state index contributed by atoms with van der Waals surface area (Å²) in [6.07, 6.45) is -4.76. The van der Waals surface area contributed by atoms with Gasteiger partial charge >= 0.3 is 6.18 Å². The van der Waals surface area contributed by atoms with E-state index >= 15 is 0 Å². The van der Waals surface area contributed by atoms with E-state index < -0.39 is 11.7 Å². The van der Waals surface area contributed by atoms with Crippen LogP contribution in [0.1, 0.15) is 22.3 Å². The Morgan fingerprint density at radius 2 is 1.00 bits per heavy atom. The summed E-state index contributed by atoms with van der Waals surface area (Å²) < 4.78 is 47.9. The summed E-state index contributed by atoms with van der Waals surface area (Å²) in [5.74, 6) is 0. The quantitative estimate of drug-likeness (QED) is 0.174. The normalized spacial score (nSPS) is 11.3. The van der Waals surface area contributed by atoms with Gasteiger partial charge in [-0.05, 0) is 60.2 Å². The van der Waals surface area contributed by atoms with Crippen molar-refractivity contribution in [1.29, 1.82) is 15.8 Å².